The molecule has 0 aliphatic carbocycles. The van der Waals surface area contributed by atoms with Crippen LogP contribution in [0.5, 0.6) is 0 Å². The van der Waals surface area contributed by atoms with E-state index in [0.717, 1.165) is 30.8 Å². The van der Waals surface area contributed by atoms with E-state index >= 15 is 0 Å². The van der Waals surface area contributed by atoms with Gasteiger partial charge in [0, 0.05) is 25.0 Å². The minimum absolute atomic E-state index is 0.640. The zero-order valence-electron chi connectivity index (χ0n) is 11.4. The number of methoxy groups -OCH3 is 1. The van der Waals surface area contributed by atoms with Crippen LogP contribution >= 0.6 is 0 Å². The van der Waals surface area contributed by atoms with Gasteiger partial charge >= 0.3 is 0 Å². The molecule has 0 amide bonds. The number of nitrogens with two attached hydrogens (primary N) is 1. The molecular formula is C14H24N2O2. The second-order valence-electron chi connectivity index (χ2n) is 4.20. The number of anilines is 2. The summed E-state index contributed by atoms with van der Waals surface area (Å²) in [6.45, 7) is 4.91. The summed E-state index contributed by atoms with van der Waals surface area (Å²) in [5.74, 6) is 0. The molecule has 1 aromatic rings. The van der Waals surface area contributed by atoms with Gasteiger partial charge in [-0.15, -0.1) is 0 Å². The van der Waals surface area contributed by atoms with Crippen LogP contribution in [0.3, 0.4) is 0 Å². The Kier molecular flexibility index (Phi) is 7.22. The van der Waals surface area contributed by atoms with E-state index in [9.17, 15) is 0 Å². The van der Waals surface area contributed by atoms with E-state index < -0.39 is 0 Å². The lowest BCUT2D eigenvalue weighted by molar-refractivity contribution is 0.0759. The lowest BCUT2D eigenvalue weighted by atomic mass is 10.1. The van der Waals surface area contributed by atoms with Crippen LogP contribution in [0.4, 0.5) is 11.4 Å². The zero-order chi connectivity index (χ0) is 13.2. The van der Waals surface area contributed by atoms with Crippen LogP contribution in [0.15, 0.2) is 18.2 Å². The molecule has 0 saturated carbocycles. The number of hydrogen-bond donors (Lipinski definition) is 2. The van der Waals surface area contributed by atoms with Crippen LogP contribution in [0.2, 0.25) is 0 Å². The smallest absolute Gasteiger partial charge is 0.0701 e. The maximum atomic E-state index is 5.92. The van der Waals surface area contributed by atoms with Gasteiger partial charge in [-0.3, -0.25) is 0 Å². The molecule has 18 heavy (non-hydrogen) atoms. The van der Waals surface area contributed by atoms with Crippen molar-refractivity contribution in [2.45, 2.75) is 19.8 Å². The zero-order valence-corrected chi connectivity index (χ0v) is 11.4. The van der Waals surface area contributed by atoms with Crippen LogP contribution < -0.4 is 11.1 Å². The lowest BCUT2D eigenvalue weighted by Gasteiger charge is -2.10. The van der Waals surface area contributed by atoms with Crippen molar-refractivity contribution in [1.82, 2.24) is 0 Å². The number of rotatable bonds is 9. The summed E-state index contributed by atoms with van der Waals surface area (Å²) in [5.41, 5.74) is 9.10. The molecule has 0 fully saturated rings. The summed E-state index contributed by atoms with van der Waals surface area (Å²) in [4.78, 5) is 0. The topological polar surface area (TPSA) is 56.5 Å². The quantitative estimate of drug-likeness (QED) is 0.523. The molecule has 0 bridgehead atoms. The average Bonchev–Trinajstić information content (AvgIpc) is 2.37. The Morgan fingerprint density at radius 1 is 1.22 bits per heavy atom. The fourth-order valence-corrected chi connectivity index (χ4v) is 1.71. The normalized spacial score (nSPS) is 10.6. The second kappa shape index (κ2) is 8.78. The van der Waals surface area contributed by atoms with Gasteiger partial charge in [-0.1, -0.05) is 13.3 Å². The maximum Gasteiger partial charge on any atom is 0.0701 e. The molecule has 0 aliphatic heterocycles. The molecule has 0 heterocycles. The van der Waals surface area contributed by atoms with Crippen LogP contribution in [0, 0.1) is 0 Å². The van der Waals surface area contributed by atoms with Gasteiger partial charge in [-0.05, 0) is 30.2 Å². The summed E-state index contributed by atoms with van der Waals surface area (Å²) < 4.78 is 10.3. The van der Waals surface area contributed by atoms with Crippen molar-refractivity contribution in [2.24, 2.45) is 0 Å². The second-order valence-corrected chi connectivity index (χ2v) is 4.20. The Balaban J connectivity index is 2.31. The van der Waals surface area contributed by atoms with E-state index in [0.29, 0.717) is 19.8 Å². The highest BCUT2D eigenvalue weighted by Gasteiger charge is 2.00. The molecule has 0 saturated heterocycles. The maximum absolute atomic E-state index is 5.92. The van der Waals surface area contributed by atoms with Crippen molar-refractivity contribution >= 4 is 11.4 Å². The Morgan fingerprint density at radius 3 is 2.78 bits per heavy atom. The van der Waals surface area contributed by atoms with Gasteiger partial charge in [0.15, 0.2) is 0 Å². The van der Waals surface area contributed by atoms with E-state index in [4.69, 9.17) is 15.2 Å². The monoisotopic (exact) mass is 252 g/mol. The first-order valence-corrected chi connectivity index (χ1v) is 6.47. The number of ether oxygens (including phenoxy) is 2. The number of nitrogen functional groups attached to an aromatic ring is 1. The highest BCUT2D eigenvalue weighted by Crippen LogP contribution is 2.19. The molecule has 0 unspecified atom stereocenters. The van der Waals surface area contributed by atoms with Crippen molar-refractivity contribution in [2.75, 3.05) is 44.5 Å². The molecule has 0 aliphatic rings. The highest BCUT2D eigenvalue weighted by atomic mass is 16.5. The van der Waals surface area contributed by atoms with E-state index in [1.165, 1.54) is 5.56 Å². The minimum Gasteiger partial charge on any atom is -0.399 e. The first-order chi connectivity index (χ1) is 8.77. The Labute approximate surface area is 109 Å². The summed E-state index contributed by atoms with van der Waals surface area (Å²) >= 11 is 0. The third-order valence-corrected chi connectivity index (χ3v) is 2.67. The third-order valence-electron chi connectivity index (χ3n) is 2.67. The number of nitrogens with one attached hydrogen (secondary N) is 1. The van der Waals surface area contributed by atoms with Crippen molar-refractivity contribution in [3.05, 3.63) is 23.8 Å². The van der Waals surface area contributed by atoms with Gasteiger partial charge in [-0.2, -0.15) is 0 Å². The SMILES string of the molecule is CCCc1cc(NCCOCCOC)ccc1N. The van der Waals surface area contributed by atoms with Crippen LogP contribution in [-0.2, 0) is 15.9 Å². The van der Waals surface area contributed by atoms with Gasteiger partial charge in [0.2, 0.25) is 0 Å². The molecule has 0 spiro atoms. The first-order valence-electron chi connectivity index (χ1n) is 6.47. The molecule has 4 heteroatoms. The molecule has 4 nitrogen and oxygen atoms in total. The summed E-state index contributed by atoms with van der Waals surface area (Å²) in [7, 11) is 1.67. The van der Waals surface area contributed by atoms with Crippen molar-refractivity contribution in [3.63, 3.8) is 0 Å². The van der Waals surface area contributed by atoms with E-state index in [1.54, 1.807) is 7.11 Å². The summed E-state index contributed by atoms with van der Waals surface area (Å²) in [6, 6.07) is 6.08. The van der Waals surface area contributed by atoms with Crippen LogP contribution in [-0.4, -0.2) is 33.5 Å². The van der Waals surface area contributed by atoms with Crippen molar-refractivity contribution in [1.29, 1.82) is 0 Å². The predicted octanol–water partition coefficient (Wildman–Crippen LogP) is 2.30. The van der Waals surface area contributed by atoms with Gasteiger partial charge < -0.3 is 20.5 Å². The van der Waals surface area contributed by atoms with E-state index in [-0.39, 0.29) is 0 Å². The van der Waals surface area contributed by atoms with Crippen molar-refractivity contribution in [3.8, 4) is 0 Å². The molecule has 1 rings (SSSR count). The van der Waals surface area contributed by atoms with Gasteiger partial charge in [0.25, 0.3) is 0 Å². The average molecular weight is 252 g/mol. The number of benzene rings is 1. The Bertz CT molecular complexity index is 343. The van der Waals surface area contributed by atoms with Gasteiger partial charge in [-0.25, -0.2) is 0 Å². The van der Waals surface area contributed by atoms with Gasteiger partial charge in [0.05, 0.1) is 19.8 Å². The Morgan fingerprint density at radius 2 is 2.06 bits per heavy atom. The molecular weight excluding hydrogens is 228 g/mol. The van der Waals surface area contributed by atoms with Crippen LogP contribution in [0.25, 0.3) is 0 Å². The summed E-state index contributed by atoms with van der Waals surface area (Å²) in [5, 5.41) is 3.33. The Hall–Kier alpha value is -1.26. The predicted molar refractivity (Wildman–Crippen MR) is 76.0 cm³/mol. The standard InChI is InChI=1S/C14H24N2O2/c1-3-4-12-11-13(5-6-14(12)15)16-7-8-18-10-9-17-2/h5-6,11,16H,3-4,7-10,15H2,1-2H3. The highest BCUT2D eigenvalue weighted by molar-refractivity contribution is 5.57. The lowest BCUT2D eigenvalue weighted by Crippen LogP contribution is -2.12. The molecule has 0 radical (unpaired) electrons. The largest absolute Gasteiger partial charge is 0.399 e. The first kappa shape index (κ1) is 14.8. The number of aryl methyl sites for hydroxylation is 1. The van der Waals surface area contributed by atoms with Gasteiger partial charge in [0.1, 0.15) is 0 Å². The molecule has 102 valence electrons. The van der Waals surface area contributed by atoms with E-state index in [1.807, 2.05) is 12.1 Å². The third kappa shape index (κ3) is 5.38. The number of hydrogen-bond acceptors (Lipinski definition) is 4. The molecule has 3 N–H and O–H groups in total. The minimum atomic E-state index is 0.640. The molecule has 1 aromatic carbocycles. The fourth-order valence-electron chi connectivity index (χ4n) is 1.71. The molecule has 0 aromatic heterocycles. The van der Waals surface area contributed by atoms with Crippen LogP contribution in [0.1, 0.15) is 18.9 Å². The fraction of sp³-hybridized carbons (Fsp3) is 0.571. The molecule has 0 atom stereocenters. The van der Waals surface area contributed by atoms with E-state index in [2.05, 4.69) is 18.3 Å². The summed E-state index contributed by atoms with van der Waals surface area (Å²) in [6.07, 6.45) is 2.12. The van der Waals surface area contributed by atoms with Crippen molar-refractivity contribution < 1.29 is 9.47 Å².